The second kappa shape index (κ2) is 4.52. The molecule has 86 valence electrons. The van der Waals surface area contributed by atoms with Crippen LogP contribution in [0.5, 0.6) is 0 Å². The van der Waals surface area contributed by atoms with Crippen molar-refractivity contribution < 1.29 is 9.18 Å². The maximum absolute atomic E-state index is 13.3. The summed E-state index contributed by atoms with van der Waals surface area (Å²) in [6, 6.07) is 3.72. The van der Waals surface area contributed by atoms with Crippen LogP contribution in [-0.2, 0) is 0 Å². The van der Waals surface area contributed by atoms with Crippen LogP contribution < -0.4 is 11.1 Å². The first-order valence-electron chi connectivity index (χ1n) is 4.67. The Morgan fingerprint density at radius 2 is 2.18 bits per heavy atom. The van der Waals surface area contributed by atoms with E-state index in [0.29, 0.717) is 5.69 Å². The zero-order chi connectivity index (χ0) is 12.3. The zero-order valence-corrected chi connectivity index (χ0v) is 8.59. The number of hydrogen-bond donors (Lipinski definition) is 2. The van der Waals surface area contributed by atoms with Crippen LogP contribution in [0.15, 0.2) is 30.6 Å². The summed E-state index contributed by atoms with van der Waals surface area (Å²) in [5, 5.41) is 9.38. The Balaban J connectivity index is 2.23. The van der Waals surface area contributed by atoms with E-state index in [1.54, 1.807) is 0 Å². The predicted octanol–water partition coefficient (Wildman–Crippen LogP) is 0.845. The fourth-order valence-electron chi connectivity index (χ4n) is 1.19. The van der Waals surface area contributed by atoms with Gasteiger partial charge in [-0.15, -0.1) is 5.10 Å². The molecule has 1 heterocycles. The number of nitrogens with zero attached hydrogens (tertiary/aromatic N) is 3. The number of hydrogen-bond acceptors (Lipinski definition) is 5. The smallest absolute Gasteiger partial charge is 0.261 e. The van der Waals surface area contributed by atoms with E-state index >= 15 is 0 Å². The fourth-order valence-corrected chi connectivity index (χ4v) is 1.19. The number of halogens is 1. The molecule has 0 bridgehead atoms. The quantitative estimate of drug-likeness (QED) is 0.750. The van der Waals surface area contributed by atoms with Gasteiger partial charge in [-0.2, -0.15) is 5.10 Å². The van der Waals surface area contributed by atoms with Crippen molar-refractivity contribution in [1.82, 2.24) is 15.2 Å². The van der Waals surface area contributed by atoms with Gasteiger partial charge in [0.1, 0.15) is 5.82 Å². The Hall–Kier alpha value is -2.57. The van der Waals surface area contributed by atoms with E-state index in [-0.39, 0.29) is 11.5 Å². The lowest BCUT2D eigenvalue weighted by atomic mass is 10.2. The summed E-state index contributed by atoms with van der Waals surface area (Å²) >= 11 is 0. The molecule has 2 rings (SSSR count). The van der Waals surface area contributed by atoms with Crippen LogP contribution >= 0.6 is 0 Å². The Kier molecular flexibility index (Phi) is 2.91. The molecule has 0 aliphatic rings. The molecule has 2 aromatic rings. The summed E-state index contributed by atoms with van der Waals surface area (Å²) in [6.07, 6.45) is 2.72. The highest BCUT2D eigenvalue weighted by Crippen LogP contribution is 2.13. The average molecular weight is 233 g/mol. The summed E-state index contributed by atoms with van der Waals surface area (Å²) in [6.45, 7) is 0. The summed E-state index contributed by atoms with van der Waals surface area (Å²) in [5.74, 6) is -1.34. The van der Waals surface area contributed by atoms with E-state index in [1.165, 1.54) is 24.5 Å². The van der Waals surface area contributed by atoms with Gasteiger partial charge in [0.05, 0.1) is 18.0 Å². The van der Waals surface area contributed by atoms with E-state index in [0.717, 1.165) is 6.07 Å². The molecule has 0 unspecified atom stereocenters. The number of amides is 1. The Bertz CT molecular complexity index is 546. The molecule has 0 saturated carbocycles. The second-order valence-corrected chi connectivity index (χ2v) is 3.16. The van der Waals surface area contributed by atoms with E-state index in [1.807, 2.05) is 0 Å². The number of benzene rings is 1. The van der Waals surface area contributed by atoms with Gasteiger partial charge in [0.15, 0.2) is 0 Å². The van der Waals surface area contributed by atoms with Crippen LogP contribution in [0.3, 0.4) is 0 Å². The largest absolute Gasteiger partial charge is 0.399 e. The number of nitrogen functional groups attached to an aromatic ring is 1. The molecule has 0 aliphatic carbocycles. The molecule has 1 aromatic carbocycles. The Morgan fingerprint density at radius 3 is 2.88 bits per heavy atom. The maximum Gasteiger partial charge on any atom is 0.261 e. The molecular formula is C10H8FN5O. The van der Waals surface area contributed by atoms with Gasteiger partial charge in [-0.25, -0.2) is 9.37 Å². The van der Waals surface area contributed by atoms with Crippen LogP contribution in [0, 0.1) is 5.82 Å². The molecule has 0 aliphatic heterocycles. The van der Waals surface area contributed by atoms with Crippen molar-refractivity contribution >= 4 is 17.5 Å². The molecular weight excluding hydrogens is 225 g/mol. The average Bonchev–Trinajstić information content (AvgIpc) is 2.33. The van der Waals surface area contributed by atoms with Crippen LogP contribution in [0.2, 0.25) is 0 Å². The van der Waals surface area contributed by atoms with Crippen molar-refractivity contribution in [3.63, 3.8) is 0 Å². The number of carbonyl (C=O) groups is 1. The molecule has 17 heavy (non-hydrogen) atoms. The van der Waals surface area contributed by atoms with Gasteiger partial charge in [-0.05, 0) is 18.2 Å². The van der Waals surface area contributed by atoms with Gasteiger partial charge < -0.3 is 5.73 Å². The lowest BCUT2D eigenvalue weighted by Crippen LogP contribution is -2.16. The SMILES string of the molecule is Nc1ccc(F)c(C(=O)Nc2nccnn2)c1. The first-order chi connectivity index (χ1) is 8.16. The van der Waals surface area contributed by atoms with Gasteiger partial charge in [-0.1, -0.05) is 0 Å². The minimum Gasteiger partial charge on any atom is -0.399 e. The van der Waals surface area contributed by atoms with Crippen molar-refractivity contribution in [2.75, 3.05) is 11.1 Å². The van der Waals surface area contributed by atoms with E-state index < -0.39 is 11.7 Å². The summed E-state index contributed by atoms with van der Waals surface area (Å²) in [7, 11) is 0. The first-order valence-corrected chi connectivity index (χ1v) is 4.67. The second-order valence-electron chi connectivity index (χ2n) is 3.16. The van der Waals surface area contributed by atoms with Crippen molar-refractivity contribution in [2.45, 2.75) is 0 Å². The lowest BCUT2D eigenvalue weighted by molar-refractivity contribution is 0.102. The highest BCUT2D eigenvalue weighted by atomic mass is 19.1. The maximum atomic E-state index is 13.3. The molecule has 0 saturated heterocycles. The number of rotatable bonds is 2. The lowest BCUT2D eigenvalue weighted by Gasteiger charge is -2.04. The van der Waals surface area contributed by atoms with Gasteiger partial charge in [-0.3, -0.25) is 10.1 Å². The fraction of sp³-hybridized carbons (Fsp3) is 0. The van der Waals surface area contributed by atoms with Gasteiger partial charge in [0, 0.05) is 5.69 Å². The van der Waals surface area contributed by atoms with Crippen LogP contribution in [0.4, 0.5) is 16.0 Å². The summed E-state index contributed by atoms with van der Waals surface area (Å²) < 4.78 is 13.3. The molecule has 0 radical (unpaired) electrons. The normalized spacial score (nSPS) is 9.94. The van der Waals surface area contributed by atoms with E-state index in [2.05, 4.69) is 20.5 Å². The van der Waals surface area contributed by atoms with Crippen LogP contribution in [0.25, 0.3) is 0 Å². The topological polar surface area (TPSA) is 93.8 Å². The molecule has 0 fully saturated rings. The molecule has 7 heteroatoms. The molecule has 6 nitrogen and oxygen atoms in total. The highest BCUT2D eigenvalue weighted by Gasteiger charge is 2.13. The summed E-state index contributed by atoms with van der Waals surface area (Å²) in [4.78, 5) is 15.4. The first kappa shape index (κ1) is 10.9. The van der Waals surface area contributed by atoms with E-state index in [4.69, 9.17) is 5.73 Å². The van der Waals surface area contributed by atoms with Gasteiger partial charge in [0.25, 0.3) is 5.91 Å². The standard InChI is InChI=1S/C10H8FN5O/c11-8-2-1-6(12)5-7(8)9(17)15-10-13-3-4-14-16-10/h1-5H,12H2,(H,13,15,16,17). The zero-order valence-electron chi connectivity index (χ0n) is 8.59. The van der Waals surface area contributed by atoms with E-state index in [9.17, 15) is 9.18 Å². The van der Waals surface area contributed by atoms with Crippen LogP contribution in [0.1, 0.15) is 10.4 Å². The third kappa shape index (κ3) is 2.51. The number of nitrogens with one attached hydrogen (secondary N) is 1. The van der Waals surface area contributed by atoms with Gasteiger partial charge >= 0.3 is 0 Å². The van der Waals surface area contributed by atoms with Crippen LogP contribution in [-0.4, -0.2) is 21.1 Å². The number of nitrogens with two attached hydrogens (primary N) is 1. The molecule has 1 aromatic heterocycles. The number of aromatic nitrogens is 3. The molecule has 0 spiro atoms. The third-order valence-electron chi connectivity index (χ3n) is 1.94. The Labute approximate surface area is 95.7 Å². The summed E-state index contributed by atoms with van der Waals surface area (Å²) in [5.41, 5.74) is 5.59. The minimum atomic E-state index is -0.678. The van der Waals surface area contributed by atoms with Crippen molar-refractivity contribution in [3.05, 3.63) is 42.0 Å². The Morgan fingerprint density at radius 1 is 1.35 bits per heavy atom. The monoisotopic (exact) mass is 233 g/mol. The molecule has 1 amide bonds. The van der Waals surface area contributed by atoms with Crippen molar-refractivity contribution in [2.24, 2.45) is 0 Å². The third-order valence-corrected chi connectivity index (χ3v) is 1.94. The molecule has 3 N–H and O–H groups in total. The molecule has 0 atom stereocenters. The predicted molar refractivity (Wildman–Crippen MR) is 58.6 cm³/mol. The highest BCUT2D eigenvalue weighted by molar-refractivity contribution is 6.03. The van der Waals surface area contributed by atoms with Crippen molar-refractivity contribution in [1.29, 1.82) is 0 Å². The number of anilines is 2. The van der Waals surface area contributed by atoms with Gasteiger partial charge in [0.2, 0.25) is 5.95 Å². The minimum absolute atomic E-state index is 0.000625. The number of carbonyl (C=O) groups excluding carboxylic acids is 1. The van der Waals surface area contributed by atoms with Crippen molar-refractivity contribution in [3.8, 4) is 0 Å².